The summed E-state index contributed by atoms with van der Waals surface area (Å²) in [5.41, 5.74) is 0.743. The third-order valence-electron chi connectivity index (χ3n) is 4.13. The monoisotopic (exact) mass is 376 g/mol. The summed E-state index contributed by atoms with van der Waals surface area (Å²) in [6, 6.07) is 8.18. The fraction of sp³-hybridized carbons (Fsp3) is 0.412. The first-order valence-corrected chi connectivity index (χ1v) is 9.65. The topological polar surface area (TPSA) is 108 Å². The molecule has 1 fully saturated rings. The summed E-state index contributed by atoms with van der Waals surface area (Å²) in [6.07, 6.45) is 2.10. The van der Waals surface area contributed by atoms with Gasteiger partial charge in [0.1, 0.15) is 6.07 Å². The maximum absolute atomic E-state index is 12.1. The number of hydrogen-bond acceptors (Lipinski definition) is 7. The smallest absolute Gasteiger partial charge is 0.242 e. The number of hydrogen-bond donors (Lipinski definition) is 1. The number of nitrogens with zero attached hydrogens (tertiary/aromatic N) is 3. The first kappa shape index (κ1) is 18.4. The highest BCUT2D eigenvalue weighted by atomic mass is 32.2. The molecule has 0 spiro atoms. The lowest BCUT2D eigenvalue weighted by molar-refractivity contribution is 0.120. The Balaban J connectivity index is 1.80. The van der Waals surface area contributed by atoms with E-state index in [0.29, 0.717) is 18.0 Å². The molecule has 0 radical (unpaired) electrons. The van der Waals surface area contributed by atoms with Crippen molar-refractivity contribution in [1.29, 1.82) is 5.26 Å². The molecule has 0 amide bonds. The number of anilines is 1. The molecule has 0 saturated carbocycles. The molecule has 9 heteroatoms. The second-order valence-corrected chi connectivity index (χ2v) is 8.29. The Hall–Kier alpha value is -2.41. The zero-order valence-corrected chi connectivity index (χ0v) is 15.4. The Kier molecular flexibility index (Phi) is 5.27. The van der Waals surface area contributed by atoms with Gasteiger partial charge in [0.25, 0.3) is 0 Å². The standard InChI is InChI=1S/C17H20N4O4S/c1-21(2)26(22,23)14-7-5-12(6-8-14)16-20-15(10-18)17(25-16)19-11-13-4-3-9-24-13/h5-8,13,19H,3-4,9,11H2,1-2H3/t13-/m1/s1. The second kappa shape index (κ2) is 7.45. The molecule has 0 unspecified atom stereocenters. The van der Waals surface area contributed by atoms with Crippen molar-refractivity contribution in [3.8, 4) is 17.5 Å². The van der Waals surface area contributed by atoms with E-state index in [2.05, 4.69) is 10.3 Å². The molecule has 138 valence electrons. The van der Waals surface area contributed by atoms with E-state index in [-0.39, 0.29) is 22.6 Å². The van der Waals surface area contributed by atoms with Crippen LogP contribution < -0.4 is 5.32 Å². The number of oxazole rings is 1. The molecule has 2 heterocycles. The first-order valence-electron chi connectivity index (χ1n) is 8.21. The van der Waals surface area contributed by atoms with E-state index in [1.165, 1.54) is 26.2 Å². The lowest BCUT2D eigenvalue weighted by atomic mass is 10.2. The molecule has 0 aliphatic carbocycles. The van der Waals surface area contributed by atoms with Crippen molar-refractivity contribution in [3.63, 3.8) is 0 Å². The maximum Gasteiger partial charge on any atom is 0.242 e. The normalized spacial score (nSPS) is 17.4. The van der Waals surface area contributed by atoms with Crippen molar-refractivity contribution in [2.75, 3.05) is 32.6 Å². The van der Waals surface area contributed by atoms with Crippen LogP contribution in [-0.4, -0.2) is 51.1 Å². The van der Waals surface area contributed by atoms with Crippen LogP contribution in [0.15, 0.2) is 33.6 Å². The van der Waals surface area contributed by atoms with Crippen molar-refractivity contribution in [1.82, 2.24) is 9.29 Å². The number of nitrogens with one attached hydrogen (secondary N) is 1. The number of nitriles is 1. The lowest BCUT2D eigenvalue weighted by Gasteiger charge is -2.11. The van der Waals surface area contributed by atoms with Crippen LogP contribution in [0.5, 0.6) is 0 Å². The largest absolute Gasteiger partial charge is 0.419 e. The van der Waals surface area contributed by atoms with Gasteiger partial charge in [-0.2, -0.15) is 10.2 Å². The van der Waals surface area contributed by atoms with Gasteiger partial charge in [-0.15, -0.1) is 0 Å². The van der Waals surface area contributed by atoms with E-state index in [0.717, 1.165) is 23.8 Å². The maximum atomic E-state index is 12.1. The van der Waals surface area contributed by atoms with Crippen molar-refractivity contribution in [2.45, 2.75) is 23.8 Å². The molecule has 1 N–H and O–H groups in total. The van der Waals surface area contributed by atoms with E-state index in [9.17, 15) is 13.7 Å². The molecule has 1 aliphatic heterocycles. The fourth-order valence-corrected chi connectivity index (χ4v) is 3.53. The average Bonchev–Trinajstić information content (AvgIpc) is 3.29. The van der Waals surface area contributed by atoms with Gasteiger partial charge < -0.3 is 14.5 Å². The van der Waals surface area contributed by atoms with Gasteiger partial charge in [-0.05, 0) is 37.1 Å². The molecule has 8 nitrogen and oxygen atoms in total. The first-order chi connectivity index (χ1) is 12.4. The average molecular weight is 376 g/mol. The van der Waals surface area contributed by atoms with Crippen LogP contribution in [0, 0.1) is 11.3 Å². The fourth-order valence-electron chi connectivity index (χ4n) is 2.63. The number of rotatable bonds is 6. The van der Waals surface area contributed by atoms with Gasteiger partial charge >= 0.3 is 0 Å². The minimum atomic E-state index is -3.50. The SMILES string of the molecule is CN(C)S(=O)(=O)c1ccc(-c2nc(C#N)c(NC[C@H]3CCCO3)o2)cc1. The molecule has 1 aliphatic rings. The zero-order valence-electron chi connectivity index (χ0n) is 14.6. The summed E-state index contributed by atoms with van der Waals surface area (Å²) in [7, 11) is -0.548. The molecule has 1 atom stereocenters. The van der Waals surface area contributed by atoms with E-state index in [1.54, 1.807) is 12.1 Å². The highest BCUT2D eigenvalue weighted by Crippen LogP contribution is 2.27. The predicted molar refractivity (Wildman–Crippen MR) is 95.0 cm³/mol. The van der Waals surface area contributed by atoms with Crippen LogP contribution >= 0.6 is 0 Å². The Morgan fingerprint density at radius 3 is 2.65 bits per heavy atom. The second-order valence-electron chi connectivity index (χ2n) is 6.14. The van der Waals surface area contributed by atoms with Crippen LogP contribution in [-0.2, 0) is 14.8 Å². The lowest BCUT2D eigenvalue weighted by Crippen LogP contribution is -2.22. The predicted octanol–water partition coefficient (Wildman–Crippen LogP) is 2.05. The Morgan fingerprint density at radius 1 is 1.35 bits per heavy atom. The van der Waals surface area contributed by atoms with Crippen molar-refractivity contribution >= 4 is 15.9 Å². The van der Waals surface area contributed by atoms with Crippen LogP contribution in [0.25, 0.3) is 11.5 Å². The summed E-state index contributed by atoms with van der Waals surface area (Å²) in [6.45, 7) is 1.30. The van der Waals surface area contributed by atoms with Crippen LogP contribution in [0.1, 0.15) is 18.5 Å². The van der Waals surface area contributed by atoms with Crippen molar-refractivity contribution in [2.24, 2.45) is 0 Å². The Bertz CT molecular complexity index is 907. The molecule has 0 bridgehead atoms. The number of benzene rings is 1. The molecule has 2 aromatic rings. The van der Waals surface area contributed by atoms with E-state index >= 15 is 0 Å². The van der Waals surface area contributed by atoms with Gasteiger partial charge in [0.05, 0.1) is 11.0 Å². The van der Waals surface area contributed by atoms with E-state index < -0.39 is 10.0 Å². The van der Waals surface area contributed by atoms with Crippen LogP contribution in [0.4, 0.5) is 5.88 Å². The molecular weight excluding hydrogens is 356 g/mol. The van der Waals surface area contributed by atoms with Gasteiger partial charge in [0.2, 0.25) is 27.5 Å². The molecule has 1 aromatic heterocycles. The number of aromatic nitrogens is 1. The molecule has 1 saturated heterocycles. The van der Waals surface area contributed by atoms with Crippen LogP contribution in [0.3, 0.4) is 0 Å². The van der Waals surface area contributed by atoms with Gasteiger partial charge in [0.15, 0.2) is 0 Å². The number of sulfonamides is 1. The Labute approximate surface area is 152 Å². The van der Waals surface area contributed by atoms with Gasteiger partial charge in [0, 0.05) is 32.8 Å². The zero-order chi connectivity index (χ0) is 18.7. The molecule has 1 aromatic carbocycles. The molecule has 26 heavy (non-hydrogen) atoms. The quantitative estimate of drug-likeness (QED) is 0.822. The van der Waals surface area contributed by atoms with Gasteiger partial charge in [-0.3, -0.25) is 0 Å². The minimum absolute atomic E-state index is 0.102. The summed E-state index contributed by atoms with van der Waals surface area (Å²) in [5.74, 6) is 0.549. The van der Waals surface area contributed by atoms with E-state index in [1.807, 2.05) is 6.07 Å². The highest BCUT2D eigenvalue weighted by molar-refractivity contribution is 7.89. The van der Waals surface area contributed by atoms with Crippen LogP contribution in [0.2, 0.25) is 0 Å². The van der Waals surface area contributed by atoms with Crippen molar-refractivity contribution < 1.29 is 17.6 Å². The molecular formula is C17H20N4O4S. The summed E-state index contributed by atoms with van der Waals surface area (Å²) in [4.78, 5) is 4.36. The third-order valence-corrected chi connectivity index (χ3v) is 5.96. The van der Waals surface area contributed by atoms with Gasteiger partial charge in [-0.1, -0.05) is 0 Å². The van der Waals surface area contributed by atoms with Crippen molar-refractivity contribution in [3.05, 3.63) is 30.0 Å². The van der Waals surface area contributed by atoms with E-state index in [4.69, 9.17) is 9.15 Å². The summed E-state index contributed by atoms with van der Waals surface area (Å²) >= 11 is 0. The summed E-state index contributed by atoms with van der Waals surface area (Å²) < 4.78 is 36.6. The third kappa shape index (κ3) is 3.72. The molecule has 3 rings (SSSR count). The minimum Gasteiger partial charge on any atom is -0.419 e. The highest BCUT2D eigenvalue weighted by Gasteiger charge is 2.20. The Morgan fingerprint density at radius 2 is 2.08 bits per heavy atom. The number of ether oxygens (including phenoxy) is 1. The van der Waals surface area contributed by atoms with Gasteiger partial charge in [-0.25, -0.2) is 12.7 Å². The summed E-state index contributed by atoms with van der Waals surface area (Å²) in [5, 5.41) is 12.3.